The van der Waals surface area contributed by atoms with Crippen molar-refractivity contribution in [1.82, 2.24) is 10.2 Å². The summed E-state index contributed by atoms with van der Waals surface area (Å²) in [5.41, 5.74) is -0.196. The van der Waals surface area contributed by atoms with Gasteiger partial charge in [-0.05, 0) is 47.5 Å². The number of nitrogens with zero attached hydrogens (tertiary/aromatic N) is 1. The summed E-state index contributed by atoms with van der Waals surface area (Å²) in [7, 11) is 0. The minimum atomic E-state index is -0.881. The first-order valence-corrected chi connectivity index (χ1v) is 6.18. The van der Waals surface area contributed by atoms with Crippen LogP contribution in [0.25, 0.3) is 0 Å². The van der Waals surface area contributed by atoms with Crippen LogP contribution in [0.15, 0.2) is 22.7 Å². The van der Waals surface area contributed by atoms with Crippen LogP contribution in [0.4, 0.5) is 9.18 Å². The highest BCUT2D eigenvalue weighted by atomic mass is 79.9. The molecule has 1 aromatic carbocycles. The van der Waals surface area contributed by atoms with E-state index < -0.39 is 11.6 Å². The van der Waals surface area contributed by atoms with Crippen molar-refractivity contribution in [3.63, 3.8) is 0 Å². The fraction of sp³-hybridized carbons (Fsp3) is 0.333. The molecule has 3 amide bonds. The lowest BCUT2D eigenvalue weighted by atomic mass is 10.1. The summed E-state index contributed by atoms with van der Waals surface area (Å²) in [6.45, 7) is 3.43. The van der Waals surface area contributed by atoms with Gasteiger partial charge >= 0.3 is 6.03 Å². The summed E-state index contributed by atoms with van der Waals surface area (Å²) < 4.78 is 13.4. The number of imide groups is 1. The summed E-state index contributed by atoms with van der Waals surface area (Å²) in [5.74, 6) is -0.663. The van der Waals surface area contributed by atoms with Crippen LogP contribution in [0.3, 0.4) is 0 Å². The Hall–Kier alpha value is -1.43. The summed E-state index contributed by atoms with van der Waals surface area (Å²) in [6.07, 6.45) is 0. The number of rotatable bonds is 2. The first-order chi connectivity index (χ1) is 8.31. The predicted octanol–water partition coefficient (Wildman–Crippen LogP) is 2.42. The molecule has 0 saturated carbocycles. The maximum absolute atomic E-state index is 13.1. The van der Waals surface area contributed by atoms with Gasteiger partial charge in [-0.1, -0.05) is 6.07 Å². The molecule has 18 heavy (non-hydrogen) atoms. The third-order valence-electron chi connectivity index (χ3n) is 2.77. The normalized spacial score (nSPS) is 18.1. The van der Waals surface area contributed by atoms with E-state index in [-0.39, 0.29) is 18.3 Å². The second-order valence-electron chi connectivity index (χ2n) is 4.69. The summed E-state index contributed by atoms with van der Waals surface area (Å²) in [6, 6.07) is 3.97. The molecule has 0 unspecified atom stereocenters. The number of hydrogen-bond donors (Lipinski definition) is 1. The smallest absolute Gasteiger partial charge is 0.324 e. The SMILES string of the molecule is CC1(C)NC(=O)N(Cc2ccc(F)c(Br)c2)C1=O. The molecule has 0 bridgehead atoms. The van der Waals surface area contributed by atoms with Crippen molar-refractivity contribution in [2.45, 2.75) is 25.9 Å². The van der Waals surface area contributed by atoms with E-state index in [0.717, 1.165) is 4.90 Å². The monoisotopic (exact) mass is 314 g/mol. The highest BCUT2D eigenvalue weighted by Crippen LogP contribution is 2.22. The van der Waals surface area contributed by atoms with E-state index in [0.29, 0.717) is 10.0 Å². The third kappa shape index (κ3) is 2.25. The van der Waals surface area contributed by atoms with Crippen LogP contribution in [0.2, 0.25) is 0 Å². The van der Waals surface area contributed by atoms with Gasteiger partial charge in [0.05, 0.1) is 11.0 Å². The van der Waals surface area contributed by atoms with E-state index >= 15 is 0 Å². The van der Waals surface area contributed by atoms with Crippen molar-refractivity contribution in [2.75, 3.05) is 0 Å². The molecule has 1 heterocycles. The van der Waals surface area contributed by atoms with Gasteiger partial charge in [-0.25, -0.2) is 9.18 Å². The molecule has 0 radical (unpaired) electrons. The largest absolute Gasteiger partial charge is 0.325 e. The zero-order valence-electron chi connectivity index (χ0n) is 9.96. The van der Waals surface area contributed by atoms with Gasteiger partial charge in [0.25, 0.3) is 5.91 Å². The van der Waals surface area contributed by atoms with Gasteiger partial charge in [-0.2, -0.15) is 0 Å². The van der Waals surface area contributed by atoms with Crippen molar-refractivity contribution < 1.29 is 14.0 Å². The van der Waals surface area contributed by atoms with Crippen LogP contribution < -0.4 is 5.32 Å². The molecule has 96 valence electrons. The number of urea groups is 1. The second kappa shape index (κ2) is 4.35. The zero-order chi connectivity index (χ0) is 13.5. The molecule has 1 aromatic rings. The Bertz CT molecular complexity index is 531. The van der Waals surface area contributed by atoms with Crippen LogP contribution in [0, 0.1) is 5.82 Å². The van der Waals surface area contributed by atoms with Crippen molar-refractivity contribution in [2.24, 2.45) is 0 Å². The Kier molecular flexibility index (Phi) is 3.14. The van der Waals surface area contributed by atoms with Gasteiger partial charge in [-0.3, -0.25) is 9.69 Å². The molecule has 1 aliphatic heterocycles. The van der Waals surface area contributed by atoms with E-state index in [1.807, 2.05) is 0 Å². The minimum absolute atomic E-state index is 0.132. The quantitative estimate of drug-likeness (QED) is 0.852. The predicted molar refractivity (Wildman–Crippen MR) is 67.3 cm³/mol. The first-order valence-electron chi connectivity index (χ1n) is 5.39. The summed E-state index contributed by atoms with van der Waals surface area (Å²) in [4.78, 5) is 24.7. The third-order valence-corrected chi connectivity index (χ3v) is 3.38. The maximum atomic E-state index is 13.1. The molecular weight excluding hydrogens is 303 g/mol. The number of nitrogens with one attached hydrogen (secondary N) is 1. The Morgan fingerprint density at radius 2 is 2.06 bits per heavy atom. The van der Waals surface area contributed by atoms with E-state index in [1.54, 1.807) is 26.0 Å². The minimum Gasteiger partial charge on any atom is -0.324 e. The molecule has 1 aliphatic rings. The molecule has 0 atom stereocenters. The van der Waals surface area contributed by atoms with Gasteiger partial charge < -0.3 is 5.32 Å². The number of carbonyl (C=O) groups excluding carboxylic acids is 2. The van der Waals surface area contributed by atoms with Crippen LogP contribution in [0.1, 0.15) is 19.4 Å². The molecule has 1 saturated heterocycles. The highest BCUT2D eigenvalue weighted by molar-refractivity contribution is 9.10. The summed E-state index contributed by atoms with van der Waals surface area (Å²) >= 11 is 3.07. The Morgan fingerprint density at radius 1 is 1.39 bits per heavy atom. The van der Waals surface area contributed by atoms with Gasteiger partial charge in [0, 0.05) is 0 Å². The van der Waals surface area contributed by atoms with E-state index in [4.69, 9.17) is 0 Å². The lowest BCUT2D eigenvalue weighted by Crippen LogP contribution is -2.40. The van der Waals surface area contributed by atoms with Gasteiger partial charge in [0.15, 0.2) is 0 Å². The fourth-order valence-electron chi connectivity index (χ4n) is 1.78. The number of hydrogen-bond acceptors (Lipinski definition) is 2. The molecular formula is C12H12BrFN2O2. The number of benzene rings is 1. The standard InChI is InChI=1S/C12H12BrFN2O2/c1-12(2)10(17)16(11(18)15-12)6-7-3-4-9(14)8(13)5-7/h3-5H,6H2,1-2H3,(H,15,18). The number of halogens is 2. The van der Waals surface area contributed by atoms with E-state index in [9.17, 15) is 14.0 Å². The molecule has 1 fully saturated rings. The molecule has 0 spiro atoms. The highest BCUT2D eigenvalue weighted by Gasteiger charge is 2.44. The Balaban J connectivity index is 2.22. The molecule has 6 heteroatoms. The Labute approximate surface area is 112 Å². The zero-order valence-corrected chi connectivity index (χ0v) is 11.5. The summed E-state index contributed by atoms with van der Waals surface area (Å²) in [5, 5.41) is 2.59. The van der Waals surface area contributed by atoms with Crippen LogP contribution in [-0.4, -0.2) is 22.4 Å². The van der Waals surface area contributed by atoms with Gasteiger partial charge in [-0.15, -0.1) is 0 Å². The van der Waals surface area contributed by atoms with Crippen molar-refractivity contribution in [3.05, 3.63) is 34.1 Å². The van der Waals surface area contributed by atoms with E-state index in [2.05, 4.69) is 21.2 Å². The van der Waals surface area contributed by atoms with Crippen LogP contribution in [-0.2, 0) is 11.3 Å². The molecule has 4 nitrogen and oxygen atoms in total. The van der Waals surface area contributed by atoms with Crippen molar-refractivity contribution >= 4 is 27.9 Å². The average molecular weight is 315 g/mol. The number of amides is 3. The van der Waals surface area contributed by atoms with E-state index in [1.165, 1.54) is 6.07 Å². The average Bonchev–Trinajstić information content (AvgIpc) is 2.46. The van der Waals surface area contributed by atoms with Gasteiger partial charge in [0.2, 0.25) is 0 Å². The molecule has 0 aliphatic carbocycles. The molecule has 2 rings (SSSR count). The molecule has 1 N–H and O–H groups in total. The lowest BCUT2D eigenvalue weighted by molar-refractivity contribution is -0.130. The van der Waals surface area contributed by atoms with Crippen LogP contribution in [0.5, 0.6) is 0 Å². The lowest BCUT2D eigenvalue weighted by Gasteiger charge is -2.16. The van der Waals surface area contributed by atoms with Crippen molar-refractivity contribution in [1.29, 1.82) is 0 Å². The van der Waals surface area contributed by atoms with Gasteiger partial charge in [0.1, 0.15) is 11.4 Å². The van der Waals surface area contributed by atoms with Crippen molar-refractivity contribution in [3.8, 4) is 0 Å². The first kappa shape index (κ1) is 13.0. The molecule has 0 aromatic heterocycles. The topological polar surface area (TPSA) is 49.4 Å². The van der Waals surface area contributed by atoms with Crippen LogP contribution >= 0.6 is 15.9 Å². The second-order valence-corrected chi connectivity index (χ2v) is 5.55. The maximum Gasteiger partial charge on any atom is 0.325 e. The fourth-order valence-corrected chi connectivity index (χ4v) is 2.21. The number of carbonyl (C=O) groups is 2. The Morgan fingerprint density at radius 3 is 2.56 bits per heavy atom.